The van der Waals surface area contributed by atoms with Gasteiger partial charge in [-0.3, -0.25) is 19.6 Å². The predicted molar refractivity (Wildman–Crippen MR) is 228 cm³/mol. The molecule has 0 aromatic heterocycles. The van der Waals surface area contributed by atoms with E-state index in [1.807, 2.05) is 0 Å². The zero-order chi connectivity index (χ0) is 36.8. The molecule has 0 aromatic rings. The molecule has 7 aliphatic carbocycles. The van der Waals surface area contributed by atoms with Gasteiger partial charge in [-0.2, -0.15) is 0 Å². The van der Waals surface area contributed by atoms with E-state index in [0.29, 0.717) is 10.8 Å². The molecule has 9 heterocycles. The molecule has 9 aliphatic heterocycles. The molecule has 0 bridgehead atoms. The van der Waals surface area contributed by atoms with E-state index < -0.39 is 0 Å². The standard InChI is InChI=1S/C50H76B2N4/c1-49(2,3)23-13-19-33-31(21-23)51-32-22-24(50(4,5)6)14-20-34(32)54-36-12-8-10-28-30-18-16-26-25-15-17-29-27-9-7-11-35-41(27)55-43(29)37(25)52-38(26)44(30)56(42(28)36)48-40(52)47(55)45(53(33)35)39(51)46(48)54/h23-48H,7-22H2,1-6H3. The van der Waals surface area contributed by atoms with Crippen LogP contribution in [-0.2, 0) is 0 Å². The lowest BCUT2D eigenvalue weighted by molar-refractivity contribution is -0.200. The zero-order valence-electron chi connectivity index (χ0n) is 36.3. The number of nitrogens with zero attached hydrogens (tertiary/aromatic N) is 4. The summed E-state index contributed by atoms with van der Waals surface area (Å²) in [7, 11) is 0. The molecule has 24 unspecified atom stereocenters. The fourth-order valence-corrected chi connectivity index (χ4v) is 24.7. The summed E-state index contributed by atoms with van der Waals surface area (Å²) in [4.78, 5) is 14.6. The van der Waals surface area contributed by atoms with E-state index in [-0.39, 0.29) is 0 Å². The van der Waals surface area contributed by atoms with Crippen molar-refractivity contribution in [3.8, 4) is 0 Å². The van der Waals surface area contributed by atoms with E-state index in [2.05, 4.69) is 61.1 Å². The van der Waals surface area contributed by atoms with Crippen molar-refractivity contribution < 1.29 is 0 Å². The summed E-state index contributed by atoms with van der Waals surface area (Å²) in [5.41, 5.74) is 0.895. The summed E-state index contributed by atoms with van der Waals surface area (Å²) in [5, 5.41) is 0. The van der Waals surface area contributed by atoms with Crippen molar-refractivity contribution in [3.05, 3.63) is 0 Å². The van der Waals surface area contributed by atoms with Crippen molar-refractivity contribution in [1.82, 2.24) is 19.6 Å². The first kappa shape index (κ1) is 33.6. The van der Waals surface area contributed by atoms with Crippen molar-refractivity contribution in [2.75, 3.05) is 0 Å². The monoisotopic (exact) mass is 755 g/mol. The van der Waals surface area contributed by atoms with Crippen LogP contribution in [0.5, 0.6) is 0 Å². The van der Waals surface area contributed by atoms with Crippen LogP contribution in [0.4, 0.5) is 0 Å². The van der Waals surface area contributed by atoms with Gasteiger partial charge >= 0.3 is 0 Å². The normalized spacial score (nSPS) is 64.2. The summed E-state index contributed by atoms with van der Waals surface area (Å²) >= 11 is 0. The van der Waals surface area contributed by atoms with Crippen molar-refractivity contribution in [2.24, 2.45) is 58.2 Å². The molecule has 24 atom stereocenters. The molecule has 56 heavy (non-hydrogen) atoms. The van der Waals surface area contributed by atoms with Gasteiger partial charge in [-0.25, -0.2) is 0 Å². The minimum absolute atomic E-state index is 0.447. The summed E-state index contributed by atoms with van der Waals surface area (Å²) in [6.45, 7) is 18.0. The average molecular weight is 755 g/mol. The molecule has 0 N–H and O–H groups in total. The lowest BCUT2D eigenvalue weighted by Crippen LogP contribution is -2.90. The van der Waals surface area contributed by atoms with Crippen molar-refractivity contribution >= 4 is 13.4 Å². The Morgan fingerprint density at radius 1 is 0.339 bits per heavy atom. The molecule has 302 valence electrons. The van der Waals surface area contributed by atoms with Crippen LogP contribution < -0.4 is 0 Å². The summed E-state index contributed by atoms with van der Waals surface area (Å²) in [6.07, 6.45) is 25.2. The predicted octanol–water partition coefficient (Wildman–Crippen LogP) is 9.31. The van der Waals surface area contributed by atoms with Crippen LogP contribution in [0.1, 0.15) is 144 Å². The fourth-order valence-electron chi connectivity index (χ4n) is 24.7. The van der Waals surface area contributed by atoms with E-state index in [4.69, 9.17) is 0 Å². The maximum Gasteiger partial charge on any atom is 0.157 e. The molecule has 0 amide bonds. The number of piperazine rings is 2. The molecule has 0 aromatic carbocycles. The van der Waals surface area contributed by atoms with Crippen molar-refractivity contribution in [2.45, 2.75) is 252 Å². The number of hydrogen-bond donors (Lipinski definition) is 0. The van der Waals surface area contributed by atoms with Crippen LogP contribution in [0.3, 0.4) is 0 Å². The van der Waals surface area contributed by atoms with Gasteiger partial charge in [0, 0.05) is 72.5 Å². The average Bonchev–Trinajstić information content (AvgIpc) is 3.83. The molecule has 0 radical (unpaired) electrons. The first-order valence-corrected chi connectivity index (χ1v) is 26.2. The Morgan fingerprint density at radius 3 is 1.21 bits per heavy atom. The lowest BCUT2D eigenvalue weighted by atomic mass is 9.14. The molecular weight excluding hydrogens is 678 g/mol. The third-order valence-electron chi connectivity index (χ3n) is 25.2. The highest BCUT2D eigenvalue weighted by Gasteiger charge is 2.85. The molecule has 9 saturated heterocycles. The summed E-state index contributed by atoms with van der Waals surface area (Å²) in [5.74, 6) is 14.2. The minimum Gasteiger partial charge on any atom is -0.292 e. The molecule has 4 nitrogen and oxygen atoms in total. The molecule has 7 saturated carbocycles. The van der Waals surface area contributed by atoms with Crippen LogP contribution >= 0.6 is 0 Å². The van der Waals surface area contributed by atoms with E-state index in [9.17, 15) is 0 Å². The number of rotatable bonds is 0. The second kappa shape index (κ2) is 10.4. The molecule has 6 heteroatoms. The van der Waals surface area contributed by atoms with E-state index in [0.717, 1.165) is 168 Å². The zero-order valence-corrected chi connectivity index (χ0v) is 36.3. The Hall–Kier alpha value is -0.0301. The highest BCUT2D eigenvalue weighted by atomic mass is 15.5. The van der Waals surface area contributed by atoms with Gasteiger partial charge in [0.1, 0.15) is 0 Å². The van der Waals surface area contributed by atoms with Crippen LogP contribution in [0, 0.1) is 58.2 Å². The van der Waals surface area contributed by atoms with Gasteiger partial charge in [0.2, 0.25) is 0 Å². The summed E-state index contributed by atoms with van der Waals surface area (Å²) < 4.78 is 0. The van der Waals surface area contributed by atoms with E-state index >= 15 is 0 Å². The van der Waals surface area contributed by atoms with Gasteiger partial charge in [-0.05, 0) is 157 Å². The van der Waals surface area contributed by atoms with Crippen LogP contribution in [0.15, 0.2) is 0 Å². The van der Waals surface area contributed by atoms with Crippen LogP contribution in [-0.4, -0.2) is 106 Å². The lowest BCUT2D eigenvalue weighted by Gasteiger charge is -2.81. The molecule has 16 aliphatic rings. The molecule has 0 spiro atoms. The first-order valence-electron chi connectivity index (χ1n) is 26.2. The Kier molecular flexibility index (Phi) is 6.25. The molecular formula is C50H76B2N4. The largest absolute Gasteiger partial charge is 0.292 e. The van der Waals surface area contributed by atoms with Gasteiger partial charge in [0.25, 0.3) is 0 Å². The maximum atomic E-state index is 3.65. The third-order valence-corrected chi connectivity index (χ3v) is 25.2. The van der Waals surface area contributed by atoms with Gasteiger partial charge in [0.15, 0.2) is 13.4 Å². The highest BCUT2D eigenvalue weighted by molar-refractivity contribution is 6.67. The summed E-state index contributed by atoms with van der Waals surface area (Å²) in [6, 6.07) is 11.0. The first-order chi connectivity index (χ1) is 27.1. The van der Waals surface area contributed by atoms with Gasteiger partial charge in [0.05, 0.1) is 0 Å². The fraction of sp³-hybridized carbons (Fsp3) is 1.00. The van der Waals surface area contributed by atoms with Gasteiger partial charge in [-0.15, -0.1) is 0 Å². The Labute approximate surface area is 341 Å². The molecule has 16 fully saturated rings. The van der Waals surface area contributed by atoms with Gasteiger partial charge < -0.3 is 0 Å². The van der Waals surface area contributed by atoms with Crippen molar-refractivity contribution in [3.63, 3.8) is 0 Å². The Balaban J connectivity index is 0.968. The van der Waals surface area contributed by atoms with Crippen LogP contribution in [0.2, 0.25) is 34.9 Å². The second-order valence-electron chi connectivity index (χ2n) is 27.5. The minimum atomic E-state index is 0.447. The number of hydrogen-bond acceptors (Lipinski definition) is 4. The second-order valence-corrected chi connectivity index (χ2v) is 27.5. The Bertz CT molecular complexity index is 1620. The molecule has 16 rings (SSSR count). The van der Waals surface area contributed by atoms with Crippen LogP contribution in [0.25, 0.3) is 0 Å². The smallest absolute Gasteiger partial charge is 0.157 e. The Morgan fingerprint density at radius 2 is 0.750 bits per heavy atom. The third kappa shape index (κ3) is 3.50. The maximum absolute atomic E-state index is 3.65. The van der Waals surface area contributed by atoms with E-state index in [1.165, 1.54) is 12.8 Å². The van der Waals surface area contributed by atoms with E-state index in [1.54, 1.807) is 89.9 Å². The number of fused-ring (bicyclic) bond motifs is 11. The van der Waals surface area contributed by atoms with Crippen molar-refractivity contribution in [1.29, 1.82) is 0 Å². The van der Waals surface area contributed by atoms with Gasteiger partial charge in [-0.1, -0.05) is 80.1 Å². The topological polar surface area (TPSA) is 13.0 Å². The SMILES string of the molecule is CC(C)(C)C1CCC2C(C1)B1C3CC(C(C)(C)C)CCC3N3C4CCCC5C6CCC7C8CCC9C%10CCCC%11C%10N%10C9C8B8C7C6N(C54)C4C8C%10C(C1C43)N2%11. The quantitative estimate of drug-likeness (QED) is 0.229. The highest BCUT2D eigenvalue weighted by Crippen LogP contribution is 2.81.